The molecule has 1 heterocycles. The maximum atomic E-state index is 8.77. The summed E-state index contributed by atoms with van der Waals surface area (Å²) in [4.78, 5) is 5.22. The van der Waals surface area contributed by atoms with Crippen molar-refractivity contribution in [2.45, 2.75) is 9.92 Å². The molecule has 0 N–H and O–H groups in total. The number of halogens is 2. The first-order valence-electron chi connectivity index (χ1n) is 4.68. The lowest BCUT2D eigenvalue weighted by atomic mass is 10.2. The van der Waals surface area contributed by atoms with Crippen molar-refractivity contribution in [3.05, 3.63) is 51.6 Å². The number of hydrogen-bond acceptors (Lipinski definition) is 3. The number of nitrogens with zero attached hydrogens (tertiary/aromatic N) is 2. The van der Waals surface area contributed by atoms with Crippen LogP contribution in [0.3, 0.4) is 0 Å². The molecule has 0 saturated carbocycles. The molecule has 0 aliphatic carbocycles. The van der Waals surface area contributed by atoms with Crippen LogP contribution in [-0.2, 0) is 0 Å². The predicted octanol–water partition coefficient (Wildman–Crippen LogP) is 4.52. The Morgan fingerprint density at radius 1 is 1.29 bits per heavy atom. The average molecular weight is 326 g/mol. The van der Waals surface area contributed by atoms with Crippen LogP contribution < -0.4 is 0 Å². The van der Waals surface area contributed by atoms with Gasteiger partial charge in [0.05, 0.1) is 10.6 Å². The fourth-order valence-electron chi connectivity index (χ4n) is 1.19. The fourth-order valence-corrected chi connectivity index (χ4v) is 2.51. The van der Waals surface area contributed by atoms with Gasteiger partial charge in [-0.1, -0.05) is 23.4 Å². The zero-order valence-electron chi connectivity index (χ0n) is 8.52. The van der Waals surface area contributed by atoms with Gasteiger partial charge < -0.3 is 0 Å². The van der Waals surface area contributed by atoms with Gasteiger partial charge in [0.1, 0.15) is 11.1 Å². The number of hydrogen-bond donors (Lipinski definition) is 0. The largest absolute Gasteiger partial charge is 0.248 e. The van der Waals surface area contributed by atoms with Crippen molar-refractivity contribution in [3.8, 4) is 6.07 Å². The van der Waals surface area contributed by atoms with Crippen molar-refractivity contribution in [2.75, 3.05) is 0 Å². The fraction of sp³-hybridized carbons (Fsp3) is 0. The highest BCUT2D eigenvalue weighted by Crippen LogP contribution is 2.29. The summed E-state index contributed by atoms with van der Waals surface area (Å²) in [5.74, 6) is 0. The van der Waals surface area contributed by atoms with Gasteiger partial charge in [-0.05, 0) is 46.3 Å². The number of benzene rings is 1. The molecule has 17 heavy (non-hydrogen) atoms. The third-order valence-corrected chi connectivity index (χ3v) is 3.71. The smallest absolute Gasteiger partial charge is 0.101 e. The molecule has 2 nitrogen and oxygen atoms in total. The first-order chi connectivity index (χ1) is 8.19. The second kappa shape index (κ2) is 5.54. The molecule has 0 fully saturated rings. The van der Waals surface area contributed by atoms with Gasteiger partial charge in [-0.25, -0.2) is 4.98 Å². The van der Waals surface area contributed by atoms with Crippen LogP contribution in [0.25, 0.3) is 0 Å². The molecule has 0 bridgehead atoms. The zero-order valence-corrected chi connectivity index (χ0v) is 11.7. The third-order valence-electron chi connectivity index (χ3n) is 1.98. The van der Waals surface area contributed by atoms with E-state index in [4.69, 9.17) is 16.9 Å². The van der Waals surface area contributed by atoms with E-state index in [1.54, 1.807) is 18.3 Å². The van der Waals surface area contributed by atoms with E-state index in [1.165, 1.54) is 11.8 Å². The minimum absolute atomic E-state index is 0.467. The third kappa shape index (κ3) is 3.22. The van der Waals surface area contributed by atoms with E-state index in [0.29, 0.717) is 10.6 Å². The van der Waals surface area contributed by atoms with E-state index >= 15 is 0 Å². The molecular weight excluding hydrogens is 320 g/mol. The Labute approximate surface area is 117 Å². The van der Waals surface area contributed by atoms with E-state index in [1.807, 2.05) is 24.3 Å². The lowest BCUT2D eigenvalue weighted by Crippen LogP contribution is -1.81. The van der Waals surface area contributed by atoms with Crippen molar-refractivity contribution in [2.24, 2.45) is 0 Å². The van der Waals surface area contributed by atoms with Crippen LogP contribution in [-0.4, -0.2) is 4.98 Å². The second-order valence-corrected chi connectivity index (χ2v) is 5.59. The van der Waals surface area contributed by atoms with Crippen molar-refractivity contribution >= 4 is 39.3 Å². The van der Waals surface area contributed by atoms with E-state index < -0.39 is 0 Å². The molecule has 5 heteroatoms. The maximum absolute atomic E-state index is 8.77. The van der Waals surface area contributed by atoms with Crippen molar-refractivity contribution < 1.29 is 0 Å². The average Bonchev–Trinajstić information content (AvgIpc) is 2.32. The molecule has 0 atom stereocenters. The number of nitriles is 1. The van der Waals surface area contributed by atoms with Crippen LogP contribution in [0, 0.1) is 11.3 Å². The molecule has 0 unspecified atom stereocenters. The van der Waals surface area contributed by atoms with Gasteiger partial charge in [0, 0.05) is 15.6 Å². The minimum atomic E-state index is 0.467. The first kappa shape index (κ1) is 12.4. The Morgan fingerprint density at radius 3 is 2.71 bits per heavy atom. The zero-order chi connectivity index (χ0) is 12.3. The van der Waals surface area contributed by atoms with Gasteiger partial charge in [0.25, 0.3) is 0 Å². The van der Waals surface area contributed by atoms with E-state index in [9.17, 15) is 0 Å². The Morgan fingerprint density at radius 2 is 2.12 bits per heavy atom. The Balaban J connectivity index is 2.22. The summed E-state index contributed by atoms with van der Waals surface area (Å²) in [6.07, 6.45) is 1.74. The SMILES string of the molecule is N#Cc1ccc(Sc2ccc(Br)cn2)cc1Cl. The van der Waals surface area contributed by atoms with Crippen LogP contribution in [0.1, 0.15) is 5.56 Å². The molecular formula is C12H6BrClN2S. The molecule has 0 aliphatic heterocycles. The lowest BCUT2D eigenvalue weighted by molar-refractivity contribution is 1.12. The summed E-state index contributed by atoms with van der Waals surface area (Å²) >= 11 is 10.8. The van der Waals surface area contributed by atoms with E-state index in [0.717, 1.165) is 14.4 Å². The highest BCUT2D eigenvalue weighted by Gasteiger charge is 2.03. The monoisotopic (exact) mass is 324 g/mol. The summed E-state index contributed by atoms with van der Waals surface area (Å²) in [5.41, 5.74) is 0.486. The van der Waals surface area contributed by atoms with Crippen molar-refractivity contribution in [1.82, 2.24) is 4.98 Å². The first-order valence-corrected chi connectivity index (χ1v) is 6.67. The minimum Gasteiger partial charge on any atom is -0.248 e. The summed E-state index contributed by atoms with van der Waals surface area (Å²) in [7, 11) is 0. The van der Waals surface area contributed by atoms with Crippen LogP contribution in [0.4, 0.5) is 0 Å². The molecule has 0 spiro atoms. The predicted molar refractivity (Wildman–Crippen MR) is 72.2 cm³/mol. The lowest BCUT2D eigenvalue weighted by Gasteiger charge is -2.02. The van der Waals surface area contributed by atoms with Gasteiger partial charge in [-0.3, -0.25) is 0 Å². The Bertz CT molecular complexity index is 578. The highest BCUT2D eigenvalue weighted by molar-refractivity contribution is 9.10. The standard InChI is InChI=1S/C12H6BrClN2S/c13-9-2-4-12(16-7-9)17-10-3-1-8(6-15)11(14)5-10/h1-5,7H. The summed E-state index contributed by atoms with van der Waals surface area (Å²) < 4.78 is 0.944. The molecule has 1 aromatic heterocycles. The Kier molecular flexibility index (Phi) is 4.06. The van der Waals surface area contributed by atoms with Gasteiger partial charge in [-0.2, -0.15) is 5.26 Å². The molecule has 0 amide bonds. The quantitative estimate of drug-likeness (QED) is 0.814. The Hall–Kier alpha value is -1.02. The number of pyridine rings is 1. The van der Waals surface area contributed by atoms with Crippen LogP contribution in [0.2, 0.25) is 5.02 Å². The molecule has 1 aromatic carbocycles. The van der Waals surface area contributed by atoms with Crippen LogP contribution in [0.15, 0.2) is 50.9 Å². The maximum Gasteiger partial charge on any atom is 0.101 e. The van der Waals surface area contributed by atoms with Gasteiger partial charge in [0.15, 0.2) is 0 Å². The van der Waals surface area contributed by atoms with Crippen molar-refractivity contribution in [1.29, 1.82) is 5.26 Å². The second-order valence-electron chi connectivity index (χ2n) is 3.17. The topological polar surface area (TPSA) is 36.7 Å². The summed E-state index contributed by atoms with van der Waals surface area (Å²) in [6.45, 7) is 0. The number of rotatable bonds is 2. The normalized spacial score (nSPS) is 9.94. The van der Waals surface area contributed by atoms with Crippen LogP contribution >= 0.6 is 39.3 Å². The van der Waals surface area contributed by atoms with Gasteiger partial charge in [-0.15, -0.1) is 0 Å². The van der Waals surface area contributed by atoms with E-state index in [-0.39, 0.29) is 0 Å². The van der Waals surface area contributed by atoms with Gasteiger partial charge >= 0.3 is 0 Å². The van der Waals surface area contributed by atoms with Crippen molar-refractivity contribution in [3.63, 3.8) is 0 Å². The summed E-state index contributed by atoms with van der Waals surface area (Å²) in [5, 5.41) is 10.1. The summed E-state index contributed by atoms with van der Waals surface area (Å²) in [6, 6.07) is 11.2. The van der Waals surface area contributed by atoms with Crippen LogP contribution in [0.5, 0.6) is 0 Å². The molecule has 0 saturated heterocycles. The molecule has 0 radical (unpaired) electrons. The highest BCUT2D eigenvalue weighted by atomic mass is 79.9. The molecule has 0 aliphatic rings. The number of aromatic nitrogens is 1. The van der Waals surface area contributed by atoms with E-state index in [2.05, 4.69) is 20.9 Å². The molecule has 2 rings (SSSR count). The molecule has 2 aromatic rings. The van der Waals surface area contributed by atoms with Gasteiger partial charge in [0.2, 0.25) is 0 Å². The molecule has 84 valence electrons.